The molecule has 0 atom stereocenters. The molecular formula is C7H6N2S. The van der Waals surface area contributed by atoms with E-state index in [4.69, 9.17) is 17.5 Å². The molecule has 0 bridgehead atoms. The summed E-state index contributed by atoms with van der Waals surface area (Å²) >= 11 is 4.90. The molecule has 1 heterocycles. The Bertz CT molecular complexity index is 332. The number of nitrogens with zero attached hydrogens (tertiary/aromatic N) is 1. The molecule has 1 aromatic heterocycles. The maximum absolute atomic E-state index is 8.47. The highest BCUT2D eigenvalue weighted by molar-refractivity contribution is 7.71. The number of pyridine rings is 1. The van der Waals surface area contributed by atoms with Gasteiger partial charge >= 0.3 is 0 Å². The molecule has 0 fully saturated rings. The number of aryl methyl sites for hydroxylation is 1. The van der Waals surface area contributed by atoms with E-state index in [-0.39, 0.29) is 0 Å². The van der Waals surface area contributed by atoms with Crippen LogP contribution in [0.4, 0.5) is 0 Å². The first kappa shape index (κ1) is 6.97. The third-order valence-electron chi connectivity index (χ3n) is 1.18. The topological polar surface area (TPSA) is 39.6 Å². The van der Waals surface area contributed by atoms with Gasteiger partial charge in [-0.25, -0.2) is 0 Å². The molecule has 3 heteroatoms. The first-order valence-corrected chi connectivity index (χ1v) is 3.24. The number of aromatic nitrogens is 1. The normalized spacial score (nSPS) is 8.80. The summed E-state index contributed by atoms with van der Waals surface area (Å²) in [5.74, 6) is 0. The summed E-state index contributed by atoms with van der Waals surface area (Å²) in [5, 5.41) is 8.47. The fraction of sp³-hybridized carbons (Fsp3) is 0.143. The molecule has 0 saturated heterocycles. The van der Waals surface area contributed by atoms with E-state index in [9.17, 15) is 0 Å². The van der Waals surface area contributed by atoms with Gasteiger partial charge in [0.25, 0.3) is 0 Å². The first-order chi connectivity index (χ1) is 4.74. The summed E-state index contributed by atoms with van der Waals surface area (Å²) in [6, 6.07) is 3.76. The molecule has 1 N–H and O–H groups in total. The Morgan fingerprint density at radius 2 is 2.40 bits per heavy atom. The van der Waals surface area contributed by atoms with E-state index < -0.39 is 0 Å². The summed E-state index contributed by atoms with van der Waals surface area (Å²) in [5.41, 5.74) is 1.50. The van der Waals surface area contributed by atoms with Gasteiger partial charge in [0.15, 0.2) is 0 Å². The van der Waals surface area contributed by atoms with Crippen LogP contribution in [-0.4, -0.2) is 4.98 Å². The molecule has 0 radical (unpaired) electrons. The van der Waals surface area contributed by atoms with Gasteiger partial charge < -0.3 is 4.98 Å². The lowest BCUT2D eigenvalue weighted by atomic mass is 10.3. The maximum Gasteiger partial charge on any atom is 0.102 e. The third-order valence-corrected chi connectivity index (χ3v) is 1.52. The largest absolute Gasteiger partial charge is 0.364 e. The van der Waals surface area contributed by atoms with Gasteiger partial charge in [0.05, 0.1) is 10.1 Å². The highest BCUT2D eigenvalue weighted by atomic mass is 32.1. The zero-order chi connectivity index (χ0) is 7.56. The Morgan fingerprint density at radius 1 is 1.70 bits per heavy atom. The van der Waals surface area contributed by atoms with Gasteiger partial charge in [0.2, 0.25) is 0 Å². The fourth-order valence-corrected chi connectivity index (χ4v) is 0.942. The Balaban J connectivity index is 3.38. The van der Waals surface area contributed by atoms with E-state index in [1.165, 1.54) is 0 Å². The zero-order valence-electron chi connectivity index (χ0n) is 5.51. The number of rotatable bonds is 0. The summed E-state index contributed by atoms with van der Waals surface area (Å²) in [4.78, 5) is 2.90. The van der Waals surface area contributed by atoms with Crippen LogP contribution >= 0.6 is 12.2 Å². The van der Waals surface area contributed by atoms with Crippen molar-refractivity contribution in [2.45, 2.75) is 6.92 Å². The van der Waals surface area contributed by atoms with Crippen LogP contribution in [0.2, 0.25) is 0 Å². The molecule has 0 unspecified atom stereocenters. The highest BCUT2D eigenvalue weighted by Gasteiger charge is 1.91. The molecule has 1 rings (SSSR count). The lowest BCUT2D eigenvalue weighted by Gasteiger charge is -1.91. The van der Waals surface area contributed by atoms with Crippen molar-refractivity contribution >= 4 is 12.2 Å². The average Bonchev–Trinajstić information content (AvgIpc) is 1.88. The Kier molecular flexibility index (Phi) is 1.83. The van der Waals surface area contributed by atoms with Crippen LogP contribution in [0.3, 0.4) is 0 Å². The second-order valence-electron chi connectivity index (χ2n) is 2.01. The van der Waals surface area contributed by atoms with Crippen LogP contribution in [0.1, 0.15) is 11.3 Å². The van der Waals surface area contributed by atoms with E-state index >= 15 is 0 Å². The van der Waals surface area contributed by atoms with Crippen LogP contribution in [-0.2, 0) is 0 Å². The summed E-state index contributed by atoms with van der Waals surface area (Å²) in [6.45, 7) is 1.90. The molecule has 10 heavy (non-hydrogen) atoms. The van der Waals surface area contributed by atoms with E-state index in [2.05, 4.69) is 4.98 Å². The predicted octanol–water partition coefficient (Wildman–Crippen LogP) is 1.92. The zero-order valence-corrected chi connectivity index (χ0v) is 6.33. The predicted molar refractivity (Wildman–Crippen MR) is 41.1 cm³/mol. The number of aromatic amines is 1. The number of nitriles is 1. The van der Waals surface area contributed by atoms with E-state index in [0.29, 0.717) is 10.1 Å². The van der Waals surface area contributed by atoms with Gasteiger partial charge in [-0.3, -0.25) is 0 Å². The smallest absolute Gasteiger partial charge is 0.102 e. The van der Waals surface area contributed by atoms with Gasteiger partial charge in [-0.1, -0.05) is 12.2 Å². The van der Waals surface area contributed by atoms with Crippen LogP contribution in [0.15, 0.2) is 12.3 Å². The lowest BCUT2D eigenvalue weighted by molar-refractivity contribution is 1.18. The highest BCUT2D eigenvalue weighted by Crippen LogP contribution is 2.00. The number of hydrogen-bond acceptors (Lipinski definition) is 2. The SMILES string of the molecule is Cc1cc(=S)c(C#N)c[nH]1. The Hall–Kier alpha value is -1.14. The standard InChI is InChI=1S/C7H6N2S/c1-5-2-7(10)6(3-8)4-9-5/h2,4H,1H3,(H,9,10). The van der Waals surface area contributed by atoms with Crippen molar-refractivity contribution in [2.75, 3.05) is 0 Å². The van der Waals surface area contributed by atoms with Crippen molar-refractivity contribution in [2.24, 2.45) is 0 Å². The van der Waals surface area contributed by atoms with Crippen LogP contribution in [0.25, 0.3) is 0 Å². The van der Waals surface area contributed by atoms with Crippen LogP contribution in [0.5, 0.6) is 0 Å². The van der Waals surface area contributed by atoms with Crippen LogP contribution < -0.4 is 0 Å². The summed E-state index contributed by atoms with van der Waals surface area (Å²) in [7, 11) is 0. The van der Waals surface area contributed by atoms with Crippen molar-refractivity contribution in [3.63, 3.8) is 0 Å². The van der Waals surface area contributed by atoms with Gasteiger partial charge in [0.1, 0.15) is 6.07 Å². The second kappa shape index (κ2) is 2.63. The minimum absolute atomic E-state index is 0.528. The molecule has 0 saturated carbocycles. The quantitative estimate of drug-likeness (QED) is 0.574. The van der Waals surface area contributed by atoms with Crippen molar-refractivity contribution in [3.05, 3.63) is 28.0 Å². The van der Waals surface area contributed by atoms with Crippen LogP contribution in [0, 0.1) is 22.8 Å². The lowest BCUT2D eigenvalue weighted by Crippen LogP contribution is -1.82. The molecule has 0 aliphatic heterocycles. The molecule has 0 amide bonds. The van der Waals surface area contributed by atoms with E-state index in [0.717, 1.165) is 5.69 Å². The van der Waals surface area contributed by atoms with Crippen molar-refractivity contribution < 1.29 is 0 Å². The number of H-pyrrole nitrogens is 1. The van der Waals surface area contributed by atoms with Crippen molar-refractivity contribution in [1.29, 1.82) is 5.26 Å². The Morgan fingerprint density at radius 3 is 2.90 bits per heavy atom. The molecule has 0 spiro atoms. The minimum atomic E-state index is 0.528. The first-order valence-electron chi connectivity index (χ1n) is 2.83. The van der Waals surface area contributed by atoms with Crippen molar-refractivity contribution in [1.82, 2.24) is 4.98 Å². The fourth-order valence-electron chi connectivity index (χ4n) is 0.661. The molecule has 50 valence electrons. The van der Waals surface area contributed by atoms with Gasteiger partial charge in [0, 0.05) is 11.9 Å². The van der Waals surface area contributed by atoms with Gasteiger partial charge in [-0.2, -0.15) is 5.26 Å². The Labute approximate surface area is 64.1 Å². The summed E-state index contributed by atoms with van der Waals surface area (Å²) < 4.78 is 0.610. The molecule has 1 aromatic rings. The van der Waals surface area contributed by atoms with Gasteiger partial charge in [-0.05, 0) is 13.0 Å². The molecule has 2 nitrogen and oxygen atoms in total. The monoisotopic (exact) mass is 150 g/mol. The maximum atomic E-state index is 8.47. The number of nitrogens with one attached hydrogen (secondary N) is 1. The molecule has 0 aliphatic rings. The number of hydrogen-bond donors (Lipinski definition) is 1. The third kappa shape index (κ3) is 1.23. The van der Waals surface area contributed by atoms with E-state index in [1.54, 1.807) is 12.3 Å². The summed E-state index contributed by atoms with van der Waals surface area (Å²) in [6.07, 6.45) is 1.62. The molecule has 0 aliphatic carbocycles. The molecule has 0 aromatic carbocycles. The minimum Gasteiger partial charge on any atom is -0.364 e. The average molecular weight is 150 g/mol. The molecular weight excluding hydrogens is 144 g/mol. The van der Waals surface area contributed by atoms with Gasteiger partial charge in [-0.15, -0.1) is 0 Å². The second-order valence-corrected chi connectivity index (χ2v) is 2.45. The van der Waals surface area contributed by atoms with Crippen molar-refractivity contribution in [3.8, 4) is 6.07 Å². The van der Waals surface area contributed by atoms with E-state index in [1.807, 2.05) is 13.0 Å².